The van der Waals surface area contributed by atoms with Crippen LogP contribution in [0, 0.1) is 0 Å². The number of hydrogen-bond acceptors (Lipinski definition) is 3. The Kier molecular flexibility index (Phi) is 3.67. The molecule has 0 aliphatic rings. The highest BCUT2D eigenvalue weighted by Crippen LogP contribution is 2.30. The van der Waals surface area contributed by atoms with Crippen LogP contribution in [0.5, 0.6) is 0 Å². The Morgan fingerprint density at radius 1 is 1.15 bits per heavy atom. The molecule has 0 aliphatic carbocycles. The molecule has 2 heterocycles. The molecule has 4 heteroatoms. The Hall–Kier alpha value is -1.91. The maximum atomic E-state index is 6.41. The zero-order chi connectivity index (χ0) is 13.9. The van der Waals surface area contributed by atoms with E-state index in [-0.39, 0.29) is 12.1 Å². The van der Waals surface area contributed by atoms with E-state index in [1.165, 1.54) is 4.88 Å². The van der Waals surface area contributed by atoms with E-state index in [9.17, 15) is 0 Å². The topological polar surface area (TPSA) is 43.8 Å². The average molecular weight is 283 g/mol. The van der Waals surface area contributed by atoms with Crippen molar-refractivity contribution < 1.29 is 0 Å². The Balaban J connectivity index is 1.92. The summed E-state index contributed by atoms with van der Waals surface area (Å²) in [4.78, 5) is 5.64. The summed E-state index contributed by atoms with van der Waals surface area (Å²) >= 11 is 1.70. The average Bonchev–Trinajstić information content (AvgIpc) is 3.16. The molecule has 0 amide bonds. The van der Waals surface area contributed by atoms with Crippen LogP contribution in [0.4, 0.5) is 0 Å². The molecule has 0 aliphatic heterocycles. The van der Waals surface area contributed by atoms with Gasteiger partial charge in [0.15, 0.2) is 0 Å². The summed E-state index contributed by atoms with van der Waals surface area (Å²) in [6.07, 6.45) is 3.84. The summed E-state index contributed by atoms with van der Waals surface area (Å²) in [7, 11) is 0. The van der Waals surface area contributed by atoms with Crippen LogP contribution >= 0.6 is 11.3 Å². The van der Waals surface area contributed by atoms with Gasteiger partial charge in [0.05, 0.1) is 17.0 Å². The molecular formula is C16H17N3S. The molecule has 3 aromatic rings. The van der Waals surface area contributed by atoms with E-state index in [0.29, 0.717) is 0 Å². The number of nitrogens with zero attached hydrogens (tertiary/aromatic N) is 2. The lowest BCUT2D eigenvalue weighted by Crippen LogP contribution is -2.22. The van der Waals surface area contributed by atoms with E-state index in [1.807, 2.05) is 36.7 Å². The number of benzene rings is 1. The highest BCUT2D eigenvalue weighted by atomic mass is 32.1. The van der Waals surface area contributed by atoms with Crippen molar-refractivity contribution in [2.24, 2.45) is 5.73 Å². The first-order valence-electron chi connectivity index (χ1n) is 6.64. The largest absolute Gasteiger partial charge is 0.326 e. The zero-order valence-corrected chi connectivity index (χ0v) is 12.1. The second-order valence-electron chi connectivity index (χ2n) is 4.81. The van der Waals surface area contributed by atoms with Crippen molar-refractivity contribution in [2.75, 3.05) is 0 Å². The van der Waals surface area contributed by atoms with Crippen molar-refractivity contribution in [1.29, 1.82) is 0 Å². The van der Waals surface area contributed by atoms with Crippen molar-refractivity contribution in [1.82, 2.24) is 9.55 Å². The third-order valence-corrected chi connectivity index (χ3v) is 4.42. The van der Waals surface area contributed by atoms with Gasteiger partial charge in [0, 0.05) is 12.4 Å². The molecule has 2 aromatic heterocycles. The molecule has 0 saturated heterocycles. The molecule has 102 valence electrons. The molecule has 0 spiro atoms. The molecule has 3 nitrogen and oxygen atoms in total. The standard InChI is InChI=1S/C16H17N3S/c1-12(15(17)13-6-3-2-4-7-13)19-10-9-18-16(19)14-8-5-11-20-14/h2-12,15H,17H2,1H3. The van der Waals surface area contributed by atoms with Crippen molar-refractivity contribution in [3.8, 4) is 10.7 Å². The lowest BCUT2D eigenvalue weighted by atomic mass is 10.0. The van der Waals surface area contributed by atoms with Crippen LogP contribution in [0.25, 0.3) is 10.7 Å². The first kappa shape index (κ1) is 13.1. The summed E-state index contributed by atoms with van der Waals surface area (Å²) in [5.74, 6) is 0.985. The minimum atomic E-state index is -0.0517. The smallest absolute Gasteiger partial charge is 0.150 e. The van der Waals surface area contributed by atoms with Crippen molar-refractivity contribution >= 4 is 11.3 Å². The molecule has 0 saturated carbocycles. The van der Waals surface area contributed by atoms with Gasteiger partial charge in [-0.25, -0.2) is 4.98 Å². The van der Waals surface area contributed by atoms with Crippen LogP contribution in [-0.2, 0) is 0 Å². The lowest BCUT2D eigenvalue weighted by Gasteiger charge is -2.23. The summed E-state index contributed by atoms with van der Waals surface area (Å²) in [5, 5.41) is 2.07. The molecule has 20 heavy (non-hydrogen) atoms. The molecule has 0 radical (unpaired) electrons. The first-order chi connectivity index (χ1) is 9.77. The van der Waals surface area contributed by atoms with Gasteiger partial charge in [-0.2, -0.15) is 0 Å². The number of imidazole rings is 1. The minimum Gasteiger partial charge on any atom is -0.326 e. The van der Waals surface area contributed by atoms with Crippen LogP contribution in [0.1, 0.15) is 24.6 Å². The molecule has 2 unspecified atom stereocenters. The fourth-order valence-electron chi connectivity index (χ4n) is 2.37. The first-order valence-corrected chi connectivity index (χ1v) is 7.52. The zero-order valence-electron chi connectivity index (χ0n) is 11.3. The van der Waals surface area contributed by atoms with Crippen LogP contribution in [0.3, 0.4) is 0 Å². The molecule has 3 rings (SSSR count). The number of nitrogens with two attached hydrogens (primary N) is 1. The number of rotatable bonds is 4. The molecule has 0 bridgehead atoms. The SMILES string of the molecule is CC(C(N)c1ccccc1)n1ccnc1-c1cccs1. The normalized spacial score (nSPS) is 14.1. The van der Waals surface area contributed by atoms with Gasteiger partial charge in [0.1, 0.15) is 5.82 Å². The van der Waals surface area contributed by atoms with Crippen LogP contribution in [-0.4, -0.2) is 9.55 Å². The summed E-state index contributed by atoms with van der Waals surface area (Å²) in [6, 6.07) is 14.4. The number of aromatic nitrogens is 2. The summed E-state index contributed by atoms with van der Waals surface area (Å²) in [5.41, 5.74) is 7.55. The summed E-state index contributed by atoms with van der Waals surface area (Å²) < 4.78 is 2.16. The highest BCUT2D eigenvalue weighted by molar-refractivity contribution is 7.13. The van der Waals surface area contributed by atoms with E-state index in [1.54, 1.807) is 11.3 Å². The maximum absolute atomic E-state index is 6.41. The van der Waals surface area contributed by atoms with Crippen molar-refractivity contribution in [2.45, 2.75) is 19.0 Å². The fourth-order valence-corrected chi connectivity index (χ4v) is 3.09. The molecule has 1 aromatic carbocycles. The predicted molar refractivity (Wildman–Crippen MR) is 83.6 cm³/mol. The Labute approximate surface area is 122 Å². The quantitative estimate of drug-likeness (QED) is 0.790. The van der Waals surface area contributed by atoms with Gasteiger partial charge in [0.25, 0.3) is 0 Å². The highest BCUT2D eigenvalue weighted by Gasteiger charge is 2.19. The second-order valence-corrected chi connectivity index (χ2v) is 5.76. The van der Waals surface area contributed by atoms with Crippen molar-refractivity contribution in [3.05, 3.63) is 65.8 Å². The Morgan fingerprint density at radius 3 is 2.65 bits per heavy atom. The van der Waals surface area contributed by atoms with E-state index in [4.69, 9.17) is 5.73 Å². The molecule has 2 N–H and O–H groups in total. The monoisotopic (exact) mass is 283 g/mol. The Morgan fingerprint density at radius 2 is 1.95 bits per heavy atom. The number of hydrogen-bond donors (Lipinski definition) is 1. The van der Waals surface area contributed by atoms with Crippen LogP contribution < -0.4 is 5.73 Å². The maximum Gasteiger partial charge on any atom is 0.150 e. The Bertz CT molecular complexity index is 658. The molecular weight excluding hydrogens is 266 g/mol. The van der Waals surface area contributed by atoms with Gasteiger partial charge in [0.2, 0.25) is 0 Å². The van der Waals surface area contributed by atoms with E-state index < -0.39 is 0 Å². The molecule has 0 fully saturated rings. The fraction of sp³-hybridized carbons (Fsp3) is 0.188. The number of thiophene rings is 1. The van der Waals surface area contributed by atoms with E-state index in [0.717, 1.165) is 11.4 Å². The third kappa shape index (κ3) is 2.40. The van der Waals surface area contributed by atoms with Crippen LogP contribution in [0.2, 0.25) is 0 Å². The van der Waals surface area contributed by atoms with Crippen LogP contribution in [0.15, 0.2) is 60.2 Å². The van der Waals surface area contributed by atoms with E-state index in [2.05, 4.69) is 40.1 Å². The predicted octanol–water partition coefficient (Wildman–Crippen LogP) is 3.87. The van der Waals surface area contributed by atoms with Gasteiger partial charge in [-0.05, 0) is 23.9 Å². The van der Waals surface area contributed by atoms with Gasteiger partial charge < -0.3 is 10.3 Å². The second kappa shape index (κ2) is 5.61. The lowest BCUT2D eigenvalue weighted by molar-refractivity contribution is 0.457. The van der Waals surface area contributed by atoms with Gasteiger partial charge >= 0.3 is 0 Å². The van der Waals surface area contributed by atoms with Gasteiger partial charge in [-0.1, -0.05) is 36.4 Å². The third-order valence-electron chi connectivity index (χ3n) is 3.55. The van der Waals surface area contributed by atoms with Gasteiger partial charge in [-0.3, -0.25) is 0 Å². The minimum absolute atomic E-state index is 0.0517. The summed E-state index contributed by atoms with van der Waals surface area (Å²) in [6.45, 7) is 2.14. The van der Waals surface area contributed by atoms with Gasteiger partial charge in [-0.15, -0.1) is 11.3 Å². The molecule has 2 atom stereocenters. The van der Waals surface area contributed by atoms with E-state index >= 15 is 0 Å². The van der Waals surface area contributed by atoms with Crippen molar-refractivity contribution in [3.63, 3.8) is 0 Å².